The van der Waals surface area contributed by atoms with E-state index in [4.69, 9.17) is 5.73 Å². The van der Waals surface area contributed by atoms with E-state index in [-0.39, 0.29) is 16.9 Å². The number of carbonyl (C=O) groups is 1. The molecule has 1 aromatic carbocycles. The number of anilines is 1. The molecular formula is C14H15N3O3S. The molecule has 2 aromatic rings. The molecule has 110 valence electrons. The highest BCUT2D eigenvalue weighted by Gasteiger charge is 2.18. The maximum Gasteiger partial charge on any atom is 0.292 e. The van der Waals surface area contributed by atoms with E-state index < -0.39 is 10.8 Å². The summed E-state index contributed by atoms with van der Waals surface area (Å²) in [5, 5.41) is 13.5. The minimum Gasteiger partial charge on any atom is -0.393 e. The van der Waals surface area contributed by atoms with Crippen molar-refractivity contribution in [3.63, 3.8) is 0 Å². The topological polar surface area (TPSA) is 98.3 Å². The molecule has 3 N–H and O–H groups in total. The molecule has 2 rings (SSSR count). The van der Waals surface area contributed by atoms with E-state index in [1.807, 2.05) is 12.1 Å². The Bertz CT molecular complexity index is 682. The first kappa shape index (κ1) is 15.0. The van der Waals surface area contributed by atoms with Gasteiger partial charge >= 0.3 is 0 Å². The molecular weight excluding hydrogens is 290 g/mol. The fourth-order valence-electron chi connectivity index (χ4n) is 1.88. The number of thiophene rings is 1. The zero-order chi connectivity index (χ0) is 15.4. The molecule has 1 heterocycles. The van der Waals surface area contributed by atoms with Crippen molar-refractivity contribution < 1.29 is 9.72 Å². The first-order valence-corrected chi connectivity index (χ1v) is 7.23. The third-order valence-electron chi connectivity index (χ3n) is 3.01. The number of nitro groups is 1. The van der Waals surface area contributed by atoms with Crippen LogP contribution in [0.1, 0.15) is 27.0 Å². The van der Waals surface area contributed by atoms with Gasteiger partial charge in [0.25, 0.3) is 11.6 Å². The van der Waals surface area contributed by atoms with E-state index in [1.54, 1.807) is 11.3 Å². The Kier molecular flexibility index (Phi) is 4.54. The highest BCUT2D eigenvalue weighted by Crippen LogP contribution is 2.25. The van der Waals surface area contributed by atoms with Gasteiger partial charge in [-0.05, 0) is 24.6 Å². The van der Waals surface area contributed by atoms with Crippen molar-refractivity contribution in [1.82, 2.24) is 5.32 Å². The van der Waals surface area contributed by atoms with Crippen LogP contribution < -0.4 is 11.1 Å². The van der Waals surface area contributed by atoms with Crippen LogP contribution in [0.25, 0.3) is 0 Å². The number of aryl methyl sites for hydroxylation is 1. The van der Waals surface area contributed by atoms with E-state index in [9.17, 15) is 14.9 Å². The van der Waals surface area contributed by atoms with Crippen molar-refractivity contribution in [3.8, 4) is 0 Å². The van der Waals surface area contributed by atoms with Gasteiger partial charge in [0.05, 0.1) is 17.0 Å². The fourth-order valence-corrected chi connectivity index (χ4v) is 2.78. The monoisotopic (exact) mass is 305 g/mol. The zero-order valence-corrected chi connectivity index (χ0v) is 12.3. The highest BCUT2D eigenvalue weighted by atomic mass is 32.1. The molecule has 0 spiro atoms. The quantitative estimate of drug-likeness (QED) is 0.504. The molecule has 7 heteroatoms. The van der Waals surface area contributed by atoms with E-state index >= 15 is 0 Å². The maximum absolute atomic E-state index is 12.1. The number of para-hydroxylation sites is 1. The molecule has 0 bridgehead atoms. The van der Waals surface area contributed by atoms with Crippen molar-refractivity contribution in [1.29, 1.82) is 0 Å². The van der Waals surface area contributed by atoms with Gasteiger partial charge in [0.2, 0.25) is 0 Å². The predicted molar refractivity (Wildman–Crippen MR) is 82.4 cm³/mol. The van der Waals surface area contributed by atoms with Crippen LogP contribution in [-0.4, -0.2) is 10.8 Å². The molecule has 0 saturated heterocycles. The predicted octanol–water partition coefficient (Wildman–Crippen LogP) is 2.73. The zero-order valence-electron chi connectivity index (χ0n) is 11.5. The van der Waals surface area contributed by atoms with Crippen molar-refractivity contribution in [2.75, 3.05) is 5.73 Å². The van der Waals surface area contributed by atoms with Gasteiger partial charge in [0, 0.05) is 15.8 Å². The number of nitrogens with one attached hydrogen (secondary N) is 1. The molecule has 0 aliphatic carbocycles. The molecule has 6 nitrogen and oxygen atoms in total. The van der Waals surface area contributed by atoms with Crippen molar-refractivity contribution in [2.24, 2.45) is 0 Å². The lowest BCUT2D eigenvalue weighted by molar-refractivity contribution is -0.383. The molecule has 0 unspecified atom stereocenters. The largest absolute Gasteiger partial charge is 0.393 e. The number of nitro benzene ring substituents is 1. The number of nitrogens with two attached hydrogens (primary N) is 1. The fraction of sp³-hybridized carbons (Fsp3) is 0.214. The van der Waals surface area contributed by atoms with Gasteiger partial charge in [-0.1, -0.05) is 13.0 Å². The molecule has 0 aliphatic heterocycles. The van der Waals surface area contributed by atoms with Crippen molar-refractivity contribution in [3.05, 3.63) is 55.8 Å². The average molecular weight is 305 g/mol. The van der Waals surface area contributed by atoms with Gasteiger partial charge in [-0.2, -0.15) is 0 Å². The van der Waals surface area contributed by atoms with Crippen LogP contribution in [0.5, 0.6) is 0 Å². The number of hydrogen-bond donors (Lipinski definition) is 2. The summed E-state index contributed by atoms with van der Waals surface area (Å²) in [4.78, 5) is 24.6. The number of amides is 1. The van der Waals surface area contributed by atoms with Crippen LogP contribution in [-0.2, 0) is 13.0 Å². The van der Waals surface area contributed by atoms with Crippen LogP contribution in [0.2, 0.25) is 0 Å². The number of benzene rings is 1. The first-order valence-electron chi connectivity index (χ1n) is 6.41. The third kappa shape index (κ3) is 3.38. The molecule has 1 aromatic heterocycles. The summed E-state index contributed by atoms with van der Waals surface area (Å²) in [6.45, 7) is 2.45. The summed E-state index contributed by atoms with van der Waals surface area (Å²) in [5.41, 5.74) is 5.43. The smallest absolute Gasteiger partial charge is 0.292 e. The lowest BCUT2D eigenvalue weighted by Crippen LogP contribution is -2.23. The van der Waals surface area contributed by atoms with Gasteiger partial charge in [-0.25, -0.2) is 0 Å². The standard InChI is InChI=1S/C14H15N3O3S/c1-2-9-6-7-10(21-9)8-16-14(18)11-4-3-5-12(13(11)15)17(19)20/h3-7H,2,8,15H2,1H3,(H,16,18). The van der Waals surface area contributed by atoms with E-state index in [1.165, 1.54) is 23.1 Å². The van der Waals surface area contributed by atoms with Gasteiger partial charge in [-0.3, -0.25) is 14.9 Å². The number of nitrogens with zero attached hydrogens (tertiary/aromatic N) is 1. The second-order valence-electron chi connectivity index (χ2n) is 4.40. The molecule has 0 saturated carbocycles. The maximum atomic E-state index is 12.1. The minimum absolute atomic E-state index is 0.111. The molecule has 0 radical (unpaired) electrons. The SMILES string of the molecule is CCc1ccc(CNC(=O)c2cccc([N+](=O)[O-])c2N)s1. The summed E-state index contributed by atoms with van der Waals surface area (Å²) >= 11 is 1.63. The summed E-state index contributed by atoms with van der Waals surface area (Å²) in [6, 6.07) is 8.18. The second kappa shape index (κ2) is 6.36. The summed E-state index contributed by atoms with van der Waals surface area (Å²) < 4.78 is 0. The Labute approximate surface area is 125 Å². The second-order valence-corrected chi connectivity index (χ2v) is 5.65. The lowest BCUT2D eigenvalue weighted by atomic mass is 10.1. The van der Waals surface area contributed by atoms with Crippen LogP contribution in [0.3, 0.4) is 0 Å². The number of carbonyl (C=O) groups excluding carboxylic acids is 1. The summed E-state index contributed by atoms with van der Waals surface area (Å²) in [7, 11) is 0. The molecule has 21 heavy (non-hydrogen) atoms. The first-order chi connectivity index (χ1) is 10.0. The van der Waals surface area contributed by atoms with E-state index in [0.29, 0.717) is 6.54 Å². The molecule has 0 aliphatic rings. The van der Waals surface area contributed by atoms with Gasteiger partial charge in [-0.15, -0.1) is 11.3 Å². The molecule has 1 amide bonds. The van der Waals surface area contributed by atoms with Crippen LogP contribution in [0.15, 0.2) is 30.3 Å². The Morgan fingerprint density at radius 2 is 2.05 bits per heavy atom. The Hall–Kier alpha value is -2.41. The van der Waals surface area contributed by atoms with Crippen LogP contribution >= 0.6 is 11.3 Å². The third-order valence-corrected chi connectivity index (χ3v) is 4.24. The van der Waals surface area contributed by atoms with E-state index in [0.717, 1.165) is 11.3 Å². The normalized spacial score (nSPS) is 10.3. The highest BCUT2D eigenvalue weighted by molar-refractivity contribution is 7.11. The Balaban J connectivity index is 2.10. The average Bonchev–Trinajstić information content (AvgIpc) is 2.92. The summed E-state index contributed by atoms with van der Waals surface area (Å²) in [6.07, 6.45) is 0.955. The molecule has 0 fully saturated rings. The number of nitrogen functional groups attached to an aromatic ring is 1. The van der Waals surface area contributed by atoms with Gasteiger partial charge in [0.1, 0.15) is 5.69 Å². The minimum atomic E-state index is -0.598. The number of rotatable bonds is 5. The van der Waals surface area contributed by atoms with Crippen LogP contribution in [0.4, 0.5) is 11.4 Å². The van der Waals surface area contributed by atoms with Crippen molar-refractivity contribution in [2.45, 2.75) is 19.9 Å². The van der Waals surface area contributed by atoms with Gasteiger partial charge in [0.15, 0.2) is 0 Å². The van der Waals surface area contributed by atoms with Gasteiger partial charge < -0.3 is 11.1 Å². The number of hydrogen-bond acceptors (Lipinski definition) is 5. The van der Waals surface area contributed by atoms with E-state index in [2.05, 4.69) is 12.2 Å². The molecule has 0 atom stereocenters. The lowest BCUT2D eigenvalue weighted by Gasteiger charge is -2.06. The van der Waals surface area contributed by atoms with Crippen LogP contribution in [0, 0.1) is 10.1 Å². The Morgan fingerprint density at radius 1 is 1.33 bits per heavy atom. The summed E-state index contributed by atoms with van der Waals surface area (Å²) in [5.74, 6) is -0.414. The van der Waals surface area contributed by atoms with Crippen molar-refractivity contribution >= 4 is 28.6 Å². The Morgan fingerprint density at radius 3 is 2.67 bits per heavy atom.